The van der Waals surface area contributed by atoms with Crippen LogP contribution in [0.3, 0.4) is 0 Å². The number of urea groups is 1. The number of nitrogens with zero attached hydrogens (tertiary/aromatic N) is 1. The first-order chi connectivity index (χ1) is 11.9. The summed E-state index contributed by atoms with van der Waals surface area (Å²) in [6.45, 7) is 0.332. The van der Waals surface area contributed by atoms with E-state index in [1.165, 1.54) is 4.90 Å². The number of likely N-dealkylation sites (N-methyl/N-ethyl adjacent to an activating group) is 1. The molecular weight excluding hydrogens is 361 g/mol. The normalized spacial score (nSPS) is 16.9. The molecule has 0 bridgehead atoms. The van der Waals surface area contributed by atoms with Crippen molar-refractivity contribution < 1.29 is 9.59 Å². The first-order valence-electron chi connectivity index (χ1n) is 7.77. The van der Waals surface area contributed by atoms with E-state index in [4.69, 9.17) is 23.2 Å². The van der Waals surface area contributed by atoms with Gasteiger partial charge in [-0.2, -0.15) is 0 Å². The fourth-order valence-corrected chi connectivity index (χ4v) is 2.97. The van der Waals surface area contributed by atoms with Crippen LogP contribution in [0, 0.1) is 0 Å². The van der Waals surface area contributed by atoms with Crippen LogP contribution in [0.2, 0.25) is 10.0 Å². The summed E-state index contributed by atoms with van der Waals surface area (Å²) >= 11 is 11.9. The number of hydrogen-bond acceptors (Lipinski definition) is 2. The summed E-state index contributed by atoms with van der Waals surface area (Å²) in [4.78, 5) is 25.7. The zero-order valence-corrected chi connectivity index (χ0v) is 15.0. The quantitative estimate of drug-likeness (QED) is 0.858. The molecule has 130 valence electrons. The van der Waals surface area contributed by atoms with Crippen LogP contribution in [0.1, 0.15) is 17.2 Å². The van der Waals surface area contributed by atoms with Crippen molar-refractivity contribution >= 4 is 35.1 Å². The van der Waals surface area contributed by atoms with Gasteiger partial charge in [0.1, 0.15) is 6.04 Å². The van der Waals surface area contributed by atoms with Gasteiger partial charge in [-0.25, -0.2) is 4.79 Å². The van der Waals surface area contributed by atoms with Gasteiger partial charge in [-0.05, 0) is 35.4 Å². The summed E-state index contributed by atoms with van der Waals surface area (Å²) in [5.41, 5.74) is 1.77. The number of halogens is 2. The molecule has 3 amide bonds. The van der Waals surface area contributed by atoms with Crippen LogP contribution in [0.25, 0.3) is 0 Å². The van der Waals surface area contributed by atoms with E-state index < -0.39 is 6.04 Å². The van der Waals surface area contributed by atoms with Gasteiger partial charge in [0.25, 0.3) is 0 Å². The molecule has 5 nitrogen and oxygen atoms in total. The largest absolute Gasteiger partial charge is 0.343 e. The van der Waals surface area contributed by atoms with E-state index in [1.54, 1.807) is 31.3 Å². The highest BCUT2D eigenvalue weighted by atomic mass is 35.5. The van der Waals surface area contributed by atoms with Crippen molar-refractivity contribution in [2.45, 2.75) is 12.1 Å². The van der Waals surface area contributed by atoms with Crippen LogP contribution in [0.15, 0.2) is 48.5 Å². The van der Waals surface area contributed by atoms with Crippen LogP contribution in [0.4, 0.5) is 4.79 Å². The molecular formula is C18H17Cl2N3O2. The van der Waals surface area contributed by atoms with Gasteiger partial charge in [-0.3, -0.25) is 4.79 Å². The second-order valence-corrected chi connectivity index (χ2v) is 6.80. The van der Waals surface area contributed by atoms with Gasteiger partial charge < -0.3 is 15.5 Å². The third-order valence-corrected chi connectivity index (χ3v) is 4.61. The van der Waals surface area contributed by atoms with Gasteiger partial charge in [0.05, 0.1) is 12.6 Å². The number of nitrogens with one attached hydrogen (secondary N) is 2. The molecule has 1 heterocycles. The molecule has 25 heavy (non-hydrogen) atoms. The Morgan fingerprint density at radius 3 is 1.96 bits per heavy atom. The standard InChI is InChI=1S/C18H17Cl2N3O2/c1-23-10-15(21-18(23)25)17(24)22-16(11-2-6-13(19)7-3-11)12-4-8-14(20)9-5-12/h2-9,15-16H,10H2,1H3,(H,21,25)(H,22,24). The second-order valence-electron chi connectivity index (χ2n) is 5.93. The fourth-order valence-electron chi connectivity index (χ4n) is 2.72. The molecule has 1 unspecified atom stereocenters. The predicted molar refractivity (Wildman–Crippen MR) is 97.8 cm³/mol. The minimum atomic E-state index is -0.584. The van der Waals surface area contributed by atoms with E-state index in [0.29, 0.717) is 16.6 Å². The molecule has 0 spiro atoms. The van der Waals surface area contributed by atoms with Gasteiger partial charge in [0.15, 0.2) is 0 Å². The molecule has 1 aliphatic heterocycles. The minimum Gasteiger partial charge on any atom is -0.343 e. The number of carbonyl (C=O) groups excluding carboxylic acids is 2. The summed E-state index contributed by atoms with van der Waals surface area (Å²) in [6, 6.07) is 13.3. The lowest BCUT2D eigenvalue weighted by Gasteiger charge is -2.22. The Hall–Kier alpha value is -2.24. The molecule has 7 heteroatoms. The lowest BCUT2D eigenvalue weighted by atomic mass is 9.98. The molecule has 0 radical (unpaired) electrons. The lowest BCUT2D eigenvalue weighted by Crippen LogP contribution is -2.44. The highest BCUT2D eigenvalue weighted by molar-refractivity contribution is 6.30. The van der Waals surface area contributed by atoms with E-state index in [1.807, 2.05) is 24.3 Å². The van der Waals surface area contributed by atoms with Gasteiger partial charge in [-0.1, -0.05) is 47.5 Å². The monoisotopic (exact) mass is 377 g/mol. The van der Waals surface area contributed by atoms with Gasteiger partial charge >= 0.3 is 6.03 Å². The predicted octanol–water partition coefficient (Wildman–Crippen LogP) is 3.22. The van der Waals surface area contributed by atoms with Gasteiger partial charge in [0, 0.05) is 17.1 Å². The fraction of sp³-hybridized carbons (Fsp3) is 0.222. The summed E-state index contributed by atoms with van der Waals surface area (Å²) < 4.78 is 0. The SMILES string of the molecule is CN1CC(C(=O)NC(c2ccc(Cl)cc2)c2ccc(Cl)cc2)NC1=O. The van der Waals surface area contributed by atoms with E-state index in [0.717, 1.165) is 11.1 Å². The topological polar surface area (TPSA) is 61.4 Å². The third kappa shape index (κ3) is 4.06. The van der Waals surface area contributed by atoms with Gasteiger partial charge in [0.2, 0.25) is 5.91 Å². The van der Waals surface area contributed by atoms with Crippen molar-refractivity contribution in [3.8, 4) is 0 Å². The molecule has 0 aromatic heterocycles. The Bertz CT molecular complexity index is 732. The maximum absolute atomic E-state index is 12.6. The second kappa shape index (κ2) is 7.33. The van der Waals surface area contributed by atoms with Crippen LogP contribution >= 0.6 is 23.2 Å². The Kier molecular flexibility index (Phi) is 5.16. The highest BCUT2D eigenvalue weighted by Crippen LogP contribution is 2.25. The lowest BCUT2D eigenvalue weighted by molar-refractivity contribution is -0.123. The van der Waals surface area contributed by atoms with E-state index in [-0.39, 0.29) is 18.0 Å². The first-order valence-corrected chi connectivity index (χ1v) is 8.52. The zero-order chi connectivity index (χ0) is 18.0. The minimum absolute atomic E-state index is 0.243. The number of benzene rings is 2. The van der Waals surface area contributed by atoms with Crippen LogP contribution in [0.5, 0.6) is 0 Å². The average Bonchev–Trinajstić information content (AvgIpc) is 2.94. The van der Waals surface area contributed by atoms with Crippen molar-refractivity contribution in [2.75, 3.05) is 13.6 Å². The Balaban J connectivity index is 1.86. The summed E-state index contributed by atoms with van der Waals surface area (Å²) in [5, 5.41) is 6.91. The summed E-state index contributed by atoms with van der Waals surface area (Å²) in [6.07, 6.45) is 0. The zero-order valence-electron chi connectivity index (χ0n) is 13.5. The maximum atomic E-state index is 12.6. The molecule has 2 N–H and O–H groups in total. The molecule has 2 aromatic carbocycles. The summed E-state index contributed by atoms with van der Waals surface area (Å²) in [5.74, 6) is -0.243. The average molecular weight is 378 g/mol. The first kappa shape index (κ1) is 17.6. The Morgan fingerprint density at radius 1 is 1.08 bits per heavy atom. The molecule has 1 fully saturated rings. The third-order valence-electron chi connectivity index (χ3n) is 4.11. The van der Waals surface area contributed by atoms with Crippen LogP contribution in [-0.4, -0.2) is 36.5 Å². The highest BCUT2D eigenvalue weighted by Gasteiger charge is 2.32. The molecule has 1 saturated heterocycles. The number of amides is 3. The summed E-state index contributed by atoms with van der Waals surface area (Å²) in [7, 11) is 1.65. The van der Waals surface area contributed by atoms with E-state index in [2.05, 4.69) is 10.6 Å². The number of rotatable bonds is 4. The van der Waals surface area contributed by atoms with Crippen molar-refractivity contribution in [3.05, 3.63) is 69.7 Å². The number of carbonyl (C=O) groups is 2. The van der Waals surface area contributed by atoms with Crippen molar-refractivity contribution in [1.82, 2.24) is 15.5 Å². The van der Waals surface area contributed by atoms with Gasteiger partial charge in [-0.15, -0.1) is 0 Å². The van der Waals surface area contributed by atoms with E-state index >= 15 is 0 Å². The smallest absolute Gasteiger partial charge is 0.317 e. The van der Waals surface area contributed by atoms with Crippen LogP contribution < -0.4 is 10.6 Å². The molecule has 0 saturated carbocycles. The molecule has 2 aromatic rings. The van der Waals surface area contributed by atoms with Crippen molar-refractivity contribution in [1.29, 1.82) is 0 Å². The Morgan fingerprint density at radius 2 is 1.56 bits per heavy atom. The maximum Gasteiger partial charge on any atom is 0.317 e. The van der Waals surface area contributed by atoms with Crippen LogP contribution in [-0.2, 0) is 4.79 Å². The van der Waals surface area contributed by atoms with Crippen molar-refractivity contribution in [2.24, 2.45) is 0 Å². The number of hydrogen-bond donors (Lipinski definition) is 2. The molecule has 1 aliphatic rings. The van der Waals surface area contributed by atoms with E-state index in [9.17, 15) is 9.59 Å². The molecule has 3 rings (SSSR count). The molecule has 1 atom stereocenters. The van der Waals surface area contributed by atoms with Crippen molar-refractivity contribution in [3.63, 3.8) is 0 Å². The Labute approximate surface area is 155 Å². The molecule has 0 aliphatic carbocycles.